The summed E-state index contributed by atoms with van der Waals surface area (Å²) >= 11 is 5.39. The van der Waals surface area contributed by atoms with Crippen LogP contribution in [0.5, 0.6) is 0 Å². The number of hydrogen-bond donors (Lipinski definition) is 1. The summed E-state index contributed by atoms with van der Waals surface area (Å²) in [6.07, 6.45) is 1.68. The van der Waals surface area contributed by atoms with Crippen molar-refractivity contribution in [1.82, 2.24) is 19.7 Å². The lowest BCUT2D eigenvalue weighted by Gasteiger charge is -2.32. The van der Waals surface area contributed by atoms with Crippen LogP contribution >= 0.6 is 12.2 Å². The Labute approximate surface area is 187 Å². The topological polar surface area (TPSA) is 77.7 Å². The van der Waals surface area contributed by atoms with E-state index in [4.69, 9.17) is 12.2 Å². The van der Waals surface area contributed by atoms with Crippen molar-refractivity contribution in [3.05, 3.63) is 70.3 Å². The van der Waals surface area contributed by atoms with Crippen LogP contribution in [0.1, 0.15) is 60.4 Å². The fraction of sp³-hybridized carbons (Fsp3) is 0.333. The summed E-state index contributed by atoms with van der Waals surface area (Å²) in [4.78, 5) is 15.3. The molecule has 1 aromatic heterocycles. The van der Waals surface area contributed by atoms with Crippen LogP contribution in [0.15, 0.2) is 48.5 Å². The van der Waals surface area contributed by atoms with E-state index in [9.17, 15) is 10.1 Å². The molecule has 158 valence electrons. The molecule has 0 aliphatic carbocycles. The number of hydrogen-bond acceptors (Lipinski definition) is 4. The van der Waals surface area contributed by atoms with E-state index in [0.717, 1.165) is 29.8 Å². The van der Waals surface area contributed by atoms with Gasteiger partial charge in [-0.15, -0.1) is 0 Å². The molecule has 1 N–H and O–H groups in total. The van der Waals surface area contributed by atoms with Gasteiger partial charge in [-0.2, -0.15) is 10.4 Å². The summed E-state index contributed by atoms with van der Waals surface area (Å²) < 4.78 is 2.72. The van der Waals surface area contributed by atoms with Gasteiger partial charge in [-0.3, -0.25) is 9.89 Å². The lowest BCUT2D eigenvalue weighted by molar-refractivity contribution is 0.0710. The number of rotatable bonds is 4. The Bertz CT molecular complexity index is 1190. The van der Waals surface area contributed by atoms with Crippen molar-refractivity contribution in [3.8, 4) is 17.2 Å². The highest BCUT2D eigenvalue weighted by atomic mass is 32.1. The van der Waals surface area contributed by atoms with Gasteiger partial charge in [0.15, 0.2) is 4.77 Å². The van der Waals surface area contributed by atoms with E-state index < -0.39 is 0 Å². The second kappa shape index (κ2) is 8.86. The second-order valence-corrected chi connectivity index (χ2v) is 8.51. The average Bonchev–Trinajstić information content (AvgIpc) is 3.20. The van der Waals surface area contributed by atoms with Crippen LogP contribution < -0.4 is 0 Å². The largest absolute Gasteiger partial charge is 0.339 e. The van der Waals surface area contributed by atoms with Gasteiger partial charge in [-0.25, -0.2) is 0 Å². The van der Waals surface area contributed by atoms with Crippen molar-refractivity contribution >= 4 is 18.1 Å². The zero-order valence-corrected chi connectivity index (χ0v) is 18.5. The van der Waals surface area contributed by atoms with Crippen molar-refractivity contribution in [3.63, 3.8) is 0 Å². The Kier molecular flexibility index (Phi) is 6.01. The predicted octanol–water partition coefficient (Wildman–Crippen LogP) is 5.08. The Morgan fingerprint density at radius 2 is 1.77 bits per heavy atom. The molecule has 0 bridgehead atoms. The van der Waals surface area contributed by atoms with E-state index >= 15 is 0 Å². The third kappa shape index (κ3) is 4.04. The lowest BCUT2D eigenvalue weighted by Crippen LogP contribution is -2.38. The molecule has 7 heteroatoms. The van der Waals surface area contributed by atoms with Gasteiger partial charge in [0.25, 0.3) is 5.91 Å². The Morgan fingerprint density at radius 3 is 2.45 bits per heavy atom. The number of amides is 1. The number of nitrogens with one attached hydrogen (secondary N) is 1. The van der Waals surface area contributed by atoms with Gasteiger partial charge in [0.05, 0.1) is 11.6 Å². The number of nitrogens with zero attached hydrogens (tertiary/aromatic N) is 4. The predicted molar refractivity (Wildman–Crippen MR) is 122 cm³/mol. The molecule has 0 atom stereocenters. The maximum atomic E-state index is 13.4. The number of benzene rings is 2. The summed E-state index contributed by atoms with van der Waals surface area (Å²) in [5.41, 5.74) is 2.79. The van der Waals surface area contributed by atoms with Crippen molar-refractivity contribution in [2.45, 2.75) is 38.6 Å². The van der Waals surface area contributed by atoms with E-state index in [2.05, 4.69) is 34.7 Å². The molecule has 0 radical (unpaired) electrons. The van der Waals surface area contributed by atoms with E-state index in [1.54, 1.807) is 6.07 Å². The minimum atomic E-state index is 0.00418. The molecule has 31 heavy (non-hydrogen) atoms. The van der Waals surface area contributed by atoms with E-state index in [-0.39, 0.29) is 17.9 Å². The Morgan fingerprint density at radius 1 is 1.13 bits per heavy atom. The van der Waals surface area contributed by atoms with E-state index in [0.29, 0.717) is 29.0 Å². The molecule has 1 fully saturated rings. The minimum absolute atomic E-state index is 0.00418. The zero-order chi connectivity index (χ0) is 22.0. The van der Waals surface area contributed by atoms with Crippen molar-refractivity contribution in [2.75, 3.05) is 13.1 Å². The molecular weight excluding hydrogens is 406 g/mol. The Hall–Kier alpha value is -3.24. The van der Waals surface area contributed by atoms with Crippen LogP contribution in [0, 0.1) is 16.1 Å². The SMILES string of the molecule is CC(C)n1c(C2CCN(C(=O)c3ccccc3-c3ccccc3C#N)CC2)n[nH]c1=S. The first-order valence-corrected chi connectivity index (χ1v) is 11.0. The summed E-state index contributed by atoms with van der Waals surface area (Å²) in [5, 5.41) is 16.9. The maximum absolute atomic E-state index is 13.4. The fourth-order valence-corrected chi connectivity index (χ4v) is 4.68. The first-order chi connectivity index (χ1) is 15.0. The molecule has 0 spiro atoms. The minimum Gasteiger partial charge on any atom is -0.339 e. The molecule has 1 saturated heterocycles. The van der Waals surface area contributed by atoms with Crippen LogP contribution in [0.25, 0.3) is 11.1 Å². The van der Waals surface area contributed by atoms with Gasteiger partial charge in [-0.1, -0.05) is 36.4 Å². The maximum Gasteiger partial charge on any atom is 0.254 e. The molecule has 1 aliphatic heterocycles. The Balaban J connectivity index is 1.56. The number of piperidine rings is 1. The standard InChI is InChI=1S/C24H25N5OS/c1-16(2)29-22(26-27-24(29)31)17-11-13-28(14-12-17)23(30)21-10-6-5-9-20(21)19-8-4-3-7-18(19)15-25/h3-10,16-17H,11-14H2,1-2H3,(H,27,31). The van der Waals surface area contributed by atoms with Gasteiger partial charge in [0, 0.05) is 36.2 Å². The quantitative estimate of drug-likeness (QED) is 0.584. The van der Waals surface area contributed by atoms with Crippen molar-refractivity contribution in [2.24, 2.45) is 0 Å². The highest BCUT2D eigenvalue weighted by molar-refractivity contribution is 7.71. The first kappa shape index (κ1) is 21.0. The molecule has 4 rings (SSSR count). The molecule has 0 unspecified atom stereocenters. The van der Waals surface area contributed by atoms with E-state index in [1.165, 1.54) is 0 Å². The average molecular weight is 432 g/mol. The van der Waals surface area contributed by atoms with Crippen LogP contribution in [-0.4, -0.2) is 38.7 Å². The van der Waals surface area contributed by atoms with Crippen molar-refractivity contribution in [1.29, 1.82) is 5.26 Å². The second-order valence-electron chi connectivity index (χ2n) is 8.12. The number of aromatic amines is 1. The van der Waals surface area contributed by atoms with Crippen LogP contribution in [-0.2, 0) is 0 Å². The van der Waals surface area contributed by atoms with Gasteiger partial charge >= 0.3 is 0 Å². The van der Waals surface area contributed by atoms with Gasteiger partial charge in [-0.05, 0) is 56.6 Å². The smallest absolute Gasteiger partial charge is 0.254 e. The summed E-state index contributed by atoms with van der Waals surface area (Å²) in [5.74, 6) is 1.26. The fourth-order valence-electron chi connectivity index (χ4n) is 4.33. The first-order valence-electron chi connectivity index (χ1n) is 10.6. The van der Waals surface area contributed by atoms with Gasteiger partial charge < -0.3 is 9.47 Å². The van der Waals surface area contributed by atoms with Crippen LogP contribution in [0.4, 0.5) is 0 Å². The van der Waals surface area contributed by atoms with Gasteiger partial charge in [0.1, 0.15) is 5.82 Å². The molecule has 1 aliphatic rings. The van der Waals surface area contributed by atoms with Gasteiger partial charge in [0.2, 0.25) is 0 Å². The molecule has 3 aromatic rings. The number of carbonyl (C=O) groups excluding carboxylic acids is 1. The van der Waals surface area contributed by atoms with Crippen LogP contribution in [0.2, 0.25) is 0 Å². The molecule has 6 nitrogen and oxygen atoms in total. The number of aromatic nitrogens is 3. The third-order valence-corrected chi connectivity index (χ3v) is 6.18. The molecular formula is C24H25N5OS. The molecule has 0 saturated carbocycles. The number of H-pyrrole nitrogens is 1. The highest BCUT2D eigenvalue weighted by Gasteiger charge is 2.29. The highest BCUT2D eigenvalue weighted by Crippen LogP contribution is 2.31. The summed E-state index contributed by atoms with van der Waals surface area (Å²) in [6, 6.07) is 17.4. The molecule has 1 amide bonds. The van der Waals surface area contributed by atoms with Crippen molar-refractivity contribution < 1.29 is 4.79 Å². The monoisotopic (exact) mass is 431 g/mol. The zero-order valence-electron chi connectivity index (χ0n) is 17.7. The normalized spacial score (nSPS) is 14.6. The van der Waals surface area contributed by atoms with Crippen LogP contribution in [0.3, 0.4) is 0 Å². The number of nitriles is 1. The summed E-state index contributed by atoms with van der Waals surface area (Å²) in [6.45, 7) is 5.53. The number of carbonyl (C=O) groups is 1. The molecule has 2 aromatic carbocycles. The number of likely N-dealkylation sites (tertiary alicyclic amines) is 1. The summed E-state index contributed by atoms with van der Waals surface area (Å²) in [7, 11) is 0. The third-order valence-electron chi connectivity index (χ3n) is 5.89. The molecule has 2 heterocycles. The lowest BCUT2D eigenvalue weighted by atomic mass is 9.92. The van der Waals surface area contributed by atoms with E-state index in [1.807, 2.05) is 47.4 Å².